The number of hydrogen-bond acceptors (Lipinski definition) is 5. The quantitative estimate of drug-likeness (QED) is 0.205. The Morgan fingerprint density at radius 1 is 0.957 bits per heavy atom. The van der Waals surface area contributed by atoms with Crippen LogP contribution in [0.5, 0.6) is 0 Å². The van der Waals surface area contributed by atoms with Crippen LogP contribution in [0.3, 0.4) is 0 Å². The number of carbonyl (C=O) groups excluding carboxylic acids is 2. The highest BCUT2D eigenvalue weighted by molar-refractivity contribution is 7.89. The second-order valence-corrected chi connectivity index (χ2v) is 14.3. The summed E-state index contributed by atoms with van der Waals surface area (Å²) in [6, 6.07) is 16.1. The van der Waals surface area contributed by atoms with Crippen LogP contribution in [0.1, 0.15) is 59.5 Å². The molecule has 46 heavy (non-hydrogen) atoms. The molecule has 1 atom stereocenters. The van der Waals surface area contributed by atoms with Gasteiger partial charge in [-0.05, 0) is 81.3 Å². The van der Waals surface area contributed by atoms with E-state index in [-0.39, 0.29) is 23.1 Å². The van der Waals surface area contributed by atoms with Crippen LogP contribution >= 0.6 is 0 Å². The van der Waals surface area contributed by atoms with Crippen LogP contribution in [0, 0.1) is 5.82 Å². The highest BCUT2D eigenvalue weighted by Crippen LogP contribution is 2.45. The van der Waals surface area contributed by atoms with Crippen molar-refractivity contribution in [3.05, 3.63) is 108 Å². The molecule has 0 radical (unpaired) electrons. The van der Waals surface area contributed by atoms with E-state index in [1.807, 2.05) is 45.1 Å². The summed E-state index contributed by atoms with van der Waals surface area (Å²) in [5.41, 5.74) is 2.92. The summed E-state index contributed by atoms with van der Waals surface area (Å²) in [6.45, 7) is 5.67. The first kappa shape index (κ1) is 31.0. The Morgan fingerprint density at radius 3 is 2.33 bits per heavy atom. The predicted octanol–water partition coefficient (Wildman–Crippen LogP) is 7.16. The standard InChI is InChI=1S/C36H34FN3O5S/c1-36(2,3)39-34(41)24-13-9-12-23(18-24)26-19-27-30(35(42)38-4)32(22-14-16-25(37)17-15-22)45-33(27)28-20-29(21-10-7-6-8-11-21)40(31(26)28)46(5,43)44/h6-10,12-21H,11H2,1-5H3,(H,38,42)(H,39,41). The normalized spacial score (nSPS) is 15.0. The Balaban J connectivity index is 1.75. The molecule has 2 heterocycles. The lowest BCUT2D eigenvalue weighted by Crippen LogP contribution is -2.40. The minimum atomic E-state index is -3.88. The van der Waals surface area contributed by atoms with Gasteiger partial charge in [-0.3, -0.25) is 9.59 Å². The van der Waals surface area contributed by atoms with Gasteiger partial charge in [0.05, 0.1) is 17.3 Å². The monoisotopic (exact) mass is 639 g/mol. The third kappa shape index (κ3) is 5.64. The van der Waals surface area contributed by atoms with Gasteiger partial charge in [0.2, 0.25) is 10.0 Å². The van der Waals surface area contributed by atoms with Crippen molar-refractivity contribution in [3.63, 3.8) is 0 Å². The van der Waals surface area contributed by atoms with Crippen LogP contribution in [0.25, 0.3) is 44.3 Å². The Bertz CT molecular complexity index is 2200. The maximum atomic E-state index is 13.9. The fourth-order valence-electron chi connectivity index (χ4n) is 5.97. The molecule has 10 heteroatoms. The molecule has 0 saturated heterocycles. The Morgan fingerprint density at radius 2 is 1.70 bits per heavy atom. The molecule has 236 valence electrons. The Labute approximate surface area is 266 Å². The van der Waals surface area contributed by atoms with Gasteiger partial charge in [0, 0.05) is 51.7 Å². The molecule has 2 aromatic heterocycles. The van der Waals surface area contributed by atoms with Crippen molar-refractivity contribution in [1.29, 1.82) is 0 Å². The van der Waals surface area contributed by atoms with E-state index in [0.29, 0.717) is 56.2 Å². The van der Waals surface area contributed by atoms with Crippen LogP contribution in [0.2, 0.25) is 0 Å². The smallest absolute Gasteiger partial charge is 0.255 e. The molecular weight excluding hydrogens is 605 g/mol. The summed E-state index contributed by atoms with van der Waals surface area (Å²) in [4.78, 5) is 26.7. The third-order valence-corrected chi connectivity index (χ3v) is 8.95. The number of rotatable bonds is 6. The number of amides is 2. The molecule has 6 rings (SSSR count). The summed E-state index contributed by atoms with van der Waals surface area (Å²) in [7, 11) is -2.37. The molecule has 1 unspecified atom stereocenters. The van der Waals surface area contributed by atoms with E-state index in [1.54, 1.807) is 36.4 Å². The van der Waals surface area contributed by atoms with E-state index in [4.69, 9.17) is 4.42 Å². The van der Waals surface area contributed by atoms with Gasteiger partial charge in [0.15, 0.2) is 0 Å². The van der Waals surface area contributed by atoms with Crippen LogP contribution in [-0.4, -0.2) is 43.0 Å². The number of aromatic nitrogens is 1. The summed E-state index contributed by atoms with van der Waals surface area (Å²) in [5, 5.41) is 6.59. The summed E-state index contributed by atoms with van der Waals surface area (Å²) in [5.74, 6) is -1.17. The Hall–Kier alpha value is -4.96. The minimum absolute atomic E-state index is 0.222. The third-order valence-electron chi connectivity index (χ3n) is 7.90. The van der Waals surface area contributed by atoms with Crippen molar-refractivity contribution in [2.24, 2.45) is 0 Å². The van der Waals surface area contributed by atoms with Crippen LogP contribution in [0.15, 0.2) is 89.4 Å². The second-order valence-electron chi connectivity index (χ2n) is 12.5. The summed E-state index contributed by atoms with van der Waals surface area (Å²) < 4.78 is 48.9. The number of hydrogen-bond donors (Lipinski definition) is 2. The van der Waals surface area contributed by atoms with Crippen LogP contribution in [-0.2, 0) is 10.0 Å². The Kier molecular flexibility index (Phi) is 7.72. The van der Waals surface area contributed by atoms with Crippen molar-refractivity contribution in [1.82, 2.24) is 14.6 Å². The van der Waals surface area contributed by atoms with E-state index < -0.39 is 27.3 Å². The minimum Gasteiger partial charge on any atom is -0.454 e. The zero-order chi connectivity index (χ0) is 33.0. The maximum absolute atomic E-state index is 13.9. The van der Waals surface area contributed by atoms with Gasteiger partial charge < -0.3 is 15.1 Å². The van der Waals surface area contributed by atoms with Crippen molar-refractivity contribution in [2.45, 2.75) is 38.6 Å². The van der Waals surface area contributed by atoms with Gasteiger partial charge >= 0.3 is 0 Å². The number of halogens is 1. The van der Waals surface area contributed by atoms with Gasteiger partial charge in [-0.1, -0.05) is 36.4 Å². The SMILES string of the molecule is CNC(=O)c1c(-c2ccc(F)cc2)oc2c1cc(-c1cccc(C(=O)NC(C)(C)C)c1)c1c2cc(C2C=CC=CC2)n1S(C)(=O)=O. The molecule has 2 amide bonds. The maximum Gasteiger partial charge on any atom is 0.255 e. The van der Waals surface area contributed by atoms with E-state index in [0.717, 1.165) is 6.26 Å². The lowest BCUT2D eigenvalue weighted by Gasteiger charge is -2.21. The average molecular weight is 640 g/mol. The zero-order valence-electron chi connectivity index (χ0n) is 26.1. The number of benzene rings is 3. The molecule has 8 nitrogen and oxygen atoms in total. The second kappa shape index (κ2) is 11.4. The molecule has 0 fully saturated rings. The lowest BCUT2D eigenvalue weighted by atomic mass is 9.95. The van der Waals surface area contributed by atoms with Gasteiger partial charge in [-0.2, -0.15) is 0 Å². The predicted molar refractivity (Wildman–Crippen MR) is 179 cm³/mol. The molecular formula is C36H34FN3O5S. The van der Waals surface area contributed by atoms with Gasteiger partial charge in [0.1, 0.15) is 17.2 Å². The molecule has 0 saturated carbocycles. The zero-order valence-corrected chi connectivity index (χ0v) is 27.0. The molecule has 0 spiro atoms. The van der Waals surface area contributed by atoms with E-state index in [2.05, 4.69) is 10.6 Å². The van der Waals surface area contributed by atoms with Crippen LogP contribution in [0.4, 0.5) is 4.39 Å². The molecule has 3 aromatic carbocycles. The number of carbonyl (C=O) groups is 2. The molecule has 1 aliphatic rings. The van der Waals surface area contributed by atoms with Crippen molar-refractivity contribution < 1.29 is 26.8 Å². The van der Waals surface area contributed by atoms with E-state index in [1.165, 1.54) is 35.3 Å². The fraction of sp³-hybridized carbons (Fsp3) is 0.222. The molecule has 2 N–H and O–H groups in total. The van der Waals surface area contributed by atoms with Crippen molar-refractivity contribution >= 4 is 43.7 Å². The first-order valence-electron chi connectivity index (χ1n) is 14.9. The molecule has 0 aliphatic heterocycles. The number of allylic oxidation sites excluding steroid dienone is 4. The fourth-order valence-corrected chi connectivity index (χ4v) is 7.07. The average Bonchev–Trinajstić information content (AvgIpc) is 3.60. The van der Waals surface area contributed by atoms with Crippen molar-refractivity contribution in [3.8, 4) is 22.5 Å². The van der Waals surface area contributed by atoms with Crippen molar-refractivity contribution in [2.75, 3.05) is 13.3 Å². The topological polar surface area (TPSA) is 110 Å². The highest BCUT2D eigenvalue weighted by atomic mass is 32.2. The molecule has 1 aliphatic carbocycles. The first-order valence-corrected chi connectivity index (χ1v) is 16.7. The highest BCUT2D eigenvalue weighted by Gasteiger charge is 2.30. The number of furan rings is 1. The number of nitrogens with one attached hydrogen (secondary N) is 2. The lowest BCUT2D eigenvalue weighted by molar-refractivity contribution is 0.0918. The number of fused-ring (bicyclic) bond motifs is 3. The van der Waals surface area contributed by atoms with Gasteiger partial charge in [0.25, 0.3) is 11.8 Å². The first-order chi connectivity index (χ1) is 21.8. The summed E-state index contributed by atoms with van der Waals surface area (Å²) in [6.07, 6.45) is 9.47. The molecule has 5 aromatic rings. The van der Waals surface area contributed by atoms with Gasteiger partial charge in [-0.15, -0.1) is 0 Å². The van der Waals surface area contributed by atoms with E-state index in [9.17, 15) is 22.4 Å². The van der Waals surface area contributed by atoms with Crippen LogP contribution < -0.4 is 10.6 Å². The summed E-state index contributed by atoms with van der Waals surface area (Å²) >= 11 is 0. The molecule has 0 bridgehead atoms. The number of nitrogens with zero attached hydrogens (tertiary/aromatic N) is 1. The van der Waals surface area contributed by atoms with Gasteiger partial charge in [-0.25, -0.2) is 16.8 Å². The largest absolute Gasteiger partial charge is 0.454 e. The van der Waals surface area contributed by atoms with E-state index >= 15 is 0 Å².